The molecule has 31 heavy (non-hydrogen) atoms. The molecule has 1 aromatic rings. The number of nitrogens with one attached hydrogen (secondary N) is 2. The zero-order valence-corrected chi connectivity index (χ0v) is 19.6. The van der Waals surface area contributed by atoms with E-state index in [1.165, 1.54) is 44.9 Å². The lowest BCUT2D eigenvalue weighted by Gasteiger charge is -2.40. The molecule has 172 valence electrons. The fourth-order valence-electron chi connectivity index (χ4n) is 6.68. The number of likely N-dealkylation sites (N-methyl/N-ethyl adjacent to an activating group) is 1. The fourth-order valence-corrected chi connectivity index (χ4v) is 6.89. The number of halogens is 1. The number of hydrogen-bond donors (Lipinski definition) is 3. The molecule has 3 bridgehead atoms. The molecule has 5 nitrogen and oxygen atoms in total. The Morgan fingerprint density at radius 2 is 2.10 bits per heavy atom. The van der Waals surface area contributed by atoms with Gasteiger partial charge in [0.25, 0.3) is 5.91 Å². The molecule has 3 N–H and O–H groups in total. The molecule has 0 aliphatic heterocycles. The molecule has 3 saturated carbocycles. The Morgan fingerprint density at radius 1 is 1.26 bits per heavy atom. The van der Waals surface area contributed by atoms with Crippen molar-refractivity contribution in [2.75, 3.05) is 39.8 Å². The Morgan fingerprint density at radius 3 is 2.90 bits per heavy atom. The third kappa shape index (κ3) is 5.44. The predicted molar refractivity (Wildman–Crippen MR) is 125 cm³/mol. The van der Waals surface area contributed by atoms with Crippen LogP contribution in [0.15, 0.2) is 18.2 Å². The van der Waals surface area contributed by atoms with E-state index in [0.717, 1.165) is 43.0 Å². The normalized spacial score (nSPS) is 29.4. The van der Waals surface area contributed by atoms with Crippen LogP contribution in [-0.2, 0) is 6.54 Å². The van der Waals surface area contributed by atoms with E-state index < -0.39 is 0 Å². The SMILES string of the molecule is CNCCN(CCO)Cc1ccc(Cl)c(C(=O)NCC23CCCC4CC(CC4C2)C3)c1. The lowest BCUT2D eigenvalue weighted by Crippen LogP contribution is -2.41. The van der Waals surface area contributed by atoms with Gasteiger partial charge in [-0.3, -0.25) is 9.69 Å². The van der Waals surface area contributed by atoms with Gasteiger partial charge in [-0.2, -0.15) is 0 Å². The lowest BCUT2D eigenvalue weighted by atomic mass is 9.67. The largest absolute Gasteiger partial charge is 0.395 e. The van der Waals surface area contributed by atoms with E-state index in [0.29, 0.717) is 29.1 Å². The molecule has 3 aliphatic rings. The van der Waals surface area contributed by atoms with E-state index >= 15 is 0 Å². The quantitative estimate of drug-likeness (QED) is 0.511. The third-order valence-electron chi connectivity index (χ3n) is 8.04. The smallest absolute Gasteiger partial charge is 0.252 e. The first-order chi connectivity index (χ1) is 15.0. The van der Waals surface area contributed by atoms with Crippen LogP contribution in [0.25, 0.3) is 0 Å². The monoisotopic (exact) mass is 447 g/mol. The molecule has 1 aromatic carbocycles. The van der Waals surface area contributed by atoms with E-state index in [1.54, 1.807) is 0 Å². The average Bonchev–Trinajstić information content (AvgIpc) is 2.98. The second-order valence-corrected chi connectivity index (χ2v) is 10.7. The highest BCUT2D eigenvalue weighted by Gasteiger charge is 2.49. The Hall–Kier alpha value is -1.14. The first-order valence-electron chi connectivity index (χ1n) is 12.1. The second kappa shape index (κ2) is 10.2. The predicted octanol–water partition coefficient (Wildman–Crippen LogP) is 3.69. The second-order valence-electron chi connectivity index (χ2n) is 10.3. The molecular formula is C25H38ClN3O2. The molecular weight excluding hydrogens is 410 g/mol. The lowest BCUT2D eigenvalue weighted by molar-refractivity contribution is 0.0853. The van der Waals surface area contributed by atoms with Gasteiger partial charge in [0.1, 0.15) is 0 Å². The molecule has 0 spiro atoms. The Labute approximate surface area is 191 Å². The first-order valence-corrected chi connectivity index (χ1v) is 12.4. The van der Waals surface area contributed by atoms with Crippen LogP contribution >= 0.6 is 11.6 Å². The van der Waals surface area contributed by atoms with Crippen molar-refractivity contribution < 1.29 is 9.90 Å². The van der Waals surface area contributed by atoms with Crippen LogP contribution < -0.4 is 10.6 Å². The number of amides is 1. The minimum Gasteiger partial charge on any atom is -0.395 e. The average molecular weight is 448 g/mol. The van der Waals surface area contributed by atoms with Gasteiger partial charge in [-0.25, -0.2) is 0 Å². The number of carbonyl (C=O) groups is 1. The van der Waals surface area contributed by atoms with Gasteiger partial charge in [0.05, 0.1) is 17.2 Å². The number of carbonyl (C=O) groups excluding carboxylic acids is 1. The van der Waals surface area contributed by atoms with Gasteiger partial charge >= 0.3 is 0 Å². The topological polar surface area (TPSA) is 64.6 Å². The molecule has 0 aromatic heterocycles. The summed E-state index contributed by atoms with van der Waals surface area (Å²) in [5, 5.41) is 16.3. The van der Waals surface area contributed by atoms with E-state index in [4.69, 9.17) is 11.6 Å². The van der Waals surface area contributed by atoms with Crippen LogP contribution in [0.3, 0.4) is 0 Å². The van der Waals surface area contributed by atoms with Gasteiger partial charge in [0.15, 0.2) is 0 Å². The van der Waals surface area contributed by atoms with Crippen LogP contribution in [0.4, 0.5) is 0 Å². The maximum absolute atomic E-state index is 13.1. The van der Waals surface area contributed by atoms with Gasteiger partial charge in [-0.05, 0) is 80.0 Å². The summed E-state index contributed by atoms with van der Waals surface area (Å²) >= 11 is 6.43. The standard InChI is InChI=1S/C25H38ClN3O2/c1-27-7-8-29(9-10-30)16-18-4-5-23(26)22(13-18)24(31)28-17-25-6-2-3-20-11-19(14-25)12-21(20)15-25/h4-5,13,19-21,27,30H,2-3,6-12,14-17H2,1H3,(H,28,31). The van der Waals surface area contributed by atoms with E-state index in [-0.39, 0.29) is 12.5 Å². The summed E-state index contributed by atoms with van der Waals surface area (Å²) in [6, 6.07) is 5.73. The number of rotatable bonds is 10. The molecule has 4 atom stereocenters. The zero-order valence-electron chi connectivity index (χ0n) is 18.8. The maximum Gasteiger partial charge on any atom is 0.252 e. The minimum atomic E-state index is -0.0520. The number of aliphatic hydroxyl groups is 1. The summed E-state index contributed by atoms with van der Waals surface area (Å²) < 4.78 is 0. The molecule has 0 heterocycles. The summed E-state index contributed by atoms with van der Waals surface area (Å²) in [5.74, 6) is 2.66. The molecule has 6 heteroatoms. The number of hydrogen-bond acceptors (Lipinski definition) is 4. The molecule has 4 unspecified atom stereocenters. The highest BCUT2D eigenvalue weighted by Crippen LogP contribution is 2.58. The molecule has 1 amide bonds. The summed E-state index contributed by atoms with van der Waals surface area (Å²) in [5.41, 5.74) is 1.91. The van der Waals surface area contributed by atoms with E-state index in [1.807, 2.05) is 25.2 Å². The summed E-state index contributed by atoms with van der Waals surface area (Å²) in [6.07, 6.45) is 9.39. The minimum absolute atomic E-state index is 0.0520. The maximum atomic E-state index is 13.1. The molecule has 0 radical (unpaired) electrons. The highest BCUT2D eigenvalue weighted by molar-refractivity contribution is 6.33. The van der Waals surface area contributed by atoms with Gasteiger partial charge in [-0.1, -0.05) is 30.5 Å². The summed E-state index contributed by atoms with van der Waals surface area (Å²) in [7, 11) is 1.92. The summed E-state index contributed by atoms with van der Waals surface area (Å²) in [6.45, 7) is 3.89. The van der Waals surface area contributed by atoms with Crippen LogP contribution in [0.1, 0.15) is 60.9 Å². The van der Waals surface area contributed by atoms with E-state index in [9.17, 15) is 9.90 Å². The van der Waals surface area contributed by atoms with Gasteiger partial charge in [0, 0.05) is 32.7 Å². The van der Waals surface area contributed by atoms with Crippen molar-refractivity contribution >= 4 is 17.5 Å². The Kier molecular flexibility index (Phi) is 7.58. The van der Waals surface area contributed by atoms with Crippen molar-refractivity contribution in [2.24, 2.45) is 23.2 Å². The Balaban J connectivity index is 1.40. The van der Waals surface area contributed by atoms with E-state index in [2.05, 4.69) is 15.5 Å². The third-order valence-corrected chi connectivity index (χ3v) is 8.37. The number of benzene rings is 1. The molecule has 3 fully saturated rings. The van der Waals surface area contributed by atoms with Crippen molar-refractivity contribution in [1.29, 1.82) is 0 Å². The van der Waals surface area contributed by atoms with Crippen molar-refractivity contribution in [3.63, 3.8) is 0 Å². The van der Waals surface area contributed by atoms with Gasteiger partial charge in [-0.15, -0.1) is 0 Å². The number of aliphatic hydroxyl groups excluding tert-OH is 1. The van der Waals surface area contributed by atoms with Crippen molar-refractivity contribution in [1.82, 2.24) is 15.5 Å². The molecule has 4 rings (SSSR count). The highest BCUT2D eigenvalue weighted by atomic mass is 35.5. The zero-order chi connectivity index (χ0) is 21.8. The fraction of sp³-hybridized carbons (Fsp3) is 0.720. The van der Waals surface area contributed by atoms with Crippen LogP contribution in [0, 0.1) is 23.2 Å². The Bertz CT molecular complexity index is 773. The number of fused-ring (bicyclic) bond motifs is 2. The van der Waals surface area contributed by atoms with Crippen molar-refractivity contribution in [3.8, 4) is 0 Å². The van der Waals surface area contributed by atoms with Crippen LogP contribution in [0.2, 0.25) is 5.02 Å². The van der Waals surface area contributed by atoms with Crippen LogP contribution in [0.5, 0.6) is 0 Å². The van der Waals surface area contributed by atoms with Crippen molar-refractivity contribution in [3.05, 3.63) is 34.3 Å². The van der Waals surface area contributed by atoms with Gasteiger partial charge in [0.2, 0.25) is 0 Å². The van der Waals surface area contributed by atoms with Crippen LogP contribution in [-0.4, -0.2) is 55.7 Å². The van der Waals surface area contributed by atoms with Crippen molar-refractivity contribution in [2.45, 2.75) is 51.5 Å². The molecule has 0 saturated heterocycles. The molecule has 3 aliphatic carbocycles. The number of nitrogens with zero attached hydrogens (tertiary/aromatic N) is 1. The van der Waals surface area contributed by atoms with Gasteiger partial charge < -0.3 is 15.7 Å². The first kappa shape index (κ1) is 23.0. The summed E-state index contributed by atoms with van der Waals surface area (Å²) in [4.78, 5) is 15.3.